The van der Waals surface area contributed by atoms with Crippen molar-refractivity contribution in [2.45, 2.75) is 27.2 Å². The summed E-state index contributed by atoms with van der Waals surface area (Å²) in [4.78, 5) is 31.8. The van der Waals surface area contributed by atoms with Gasteiger partial charge in [0, 0.05) is 18.3 Å². The average Bonchev–Trinajstić information content (AvgIpc) is 2.58. The highest BCUT2D eigenvalue weighted by Gasteiger charge is 2.16. The molecule has 1 aromatic heterocycles. The second kappa shape index (κ2) is 9.58. The molecule has 0 saturated heterocycles. The highest BCUT2D eigenvalue weighted by atomic mass is 35.5. The number of carbonyl (C=O) groups is 2. The Morgan fingerprint density at radius 1 is 1.32 bits per heavy atom. The summed E-state index contributed by atoms with van der Waals surface area (Å²) < 4.78 is 0. The van der Waals surface area contributed by atoms with E-state index in [1.807, 2.05) is 19.9 Å². The van der Waals surface area contributed by atoms with E-state index in [4.69, 9.17) is 17.3 Å². The average molecular weight is 364 g/mol. The van der Waals surface area contributed by atoms with E-state index in [0.717, 1.165) is 0 Å². The Kier molecular flexibility index (Phi) is 7.81. The summed E-state index contributed by atoms with van der Waals surface area (Å²) >= 11 is 6.09. The summed E-state index contributed by atoms with van der Waals surface area (Å²) in [6.07, 6.45) is 7.45. The minimum absolute atomic E-state index is 0.0152. The molecule has 0 saturated carbocycles. The standard InChI is InChI=1S/C17H22ClN5O2/c1-5-7-8-11(9-10(3)17(25)20-4)21-16-13(15(19)24)22-12(6-2)14(18)23-16/h5,7-9H,6H2,1-4H3,(H2,19,24)(H,20,25)(H,21,23)/b7-5+,10-9+,11-8+. The molecular formula is C17H22ClN5O2. The highest BCUT2D eigenvalue weighted by Crippen LogP contribution is 2.20. The van der Waals surface area contributed by atoms with Crippen LogP contribution in [0, 0.1) is 0 Å². The molecule has 7 nitrogen and oxygen atoms in total. The molecule has 0 radical (unpaired) electrons. The van der Waals surface area contributed by atoms with Crippen molar-refractivity contribution in [1.82, 2.24) is 15.3 Å². The number of hydrogen-bond donors (Lipinski definition) is 3. The van der Waals surface area contributed by atoms with Crippen molar-refractivity contribution < 1.29 is 9.59 Å². The monoisotopic (exact) mass is 363 g/mol. The summed E-state index contributed by atoms with van der Waals surface area (Å²) in [6, 6.07) is 0. The minimum Gasteiger partial charge on any atom is -0.364 e. The number of hydrogen-bond acceptors (Lipinski definition) is 5. The van der Waals surface area contributed by atoms with Gasteiger partial charge in [0.2, 0.25) is 5.91 Å². The van der Waals surface area contributed by atoms with Gasteiger partial charge in [-0.15, -0.1) is 0 Å². The Balaban J connectivity index is 3.36. The van der Waals surface area contributed by atoms with Crippen molar-refractivity contribution in [2.75, 3.05) is 12.4 Å². The van der Waals surface area contributed by atoms with E-state index in [9.17, 15) is 9.59 Å². The molecule has 0 unspecified atom stereocenters. The van der Waals surface area contributed by atoms with Crippen molar-refractivity contribution >= 4 is 29.2 Å². The van der Waals surface area contributed by atoms with Crippen LogP contribution >= 0.6 is 11.6 Å². The molecule has 0 aliphatic carbocycles. The third-order valence-corrected chi connectivity index (χ3v) is 3.48. The molecule has 134 valence electrons. The second-order valence-corrected chi connectivity index (χ2v) is 5.41. The number of primary amides is 1. The Labute approximate surface area is 152 Å². The van der Waals surface area contributed by atoms with Crippen LogP contribution in [0.1, 0.15) is 37.0 Å². The Hall–Kier alpha value is -2.67. The highest BCUT2D eigenvalue weighted by molar-refractivity contribution is 6.30. The lowest BCUT2D eigenvalue weighted by atomic mass is 10.2. The molecule has 0 bridgehead atoms. The van der Waals surface area contributed by atoms with Crippen LogP contribution < -0.4 is 16.4 Å². The Morgan fingerprint density at radius 3 is 2.52 bits per heavy atom. The van der Waals surface area contributed by atoms with Gasteiger partial charge in [-0.1, -0.05) is 30.7 Å². The van der Waals surface area contributed by atoms with E-state index in [1.54, 1.807) is 32.2 Å². The Bertz CT molecular complexity index is 754. The number of anilines is 1. The molecule has 1 rings (SSSR count). The van der Waals surface area contributed by atoms with Gasteiger partial charge in [-0.25, -0.2) is 9.97 Å². The molecule has 4 N–H and O–H groups in total. The van der Waals surface area contributed by atoms with Crippen LogP contribution in [-0.2, 0) is 11.2 Å². The Morgan fingerprint density at radius 2 is 2.00 bits per heavy atom. The van der Waals surface area contributed by atoms with Gasteiger partial charge in [0.15, 0.2) is 16.7 Å². The molecule has 1 aromatic rings. The van der Waals surface area contributed by atoms with Crippen LogP contribution in [-0.4, -0.2) is 28.8 Å². The molecule has 25 heavy (non-hydrogen) atoms. The number of likely N-dealkylation sites (N-methyl/N-ethyl adjacent to an activating group) is 1. The predicted octanol–water partition coefficient (Wildman–Crippen LogP) is 2.36. The van der Waals surface area contributed by atoms with Crippen LogP contribution in [0.3, 0.4) is 0 Å². The van der Waals surface area contributed by atoms with Gasteiger partial charge in [-0.2, -0.15) is 0 Å². The van der Waals surface area contributed by atoms with Crippen LogP contribution in [0.5, 0.6) is 0 Å². The molecule has 8 heteroatoms. The van der Waals surface area contributed by atoms with Crippen LogP contribution in [0.25, 0.3) is 0 Å². The molecule has 0 aliphatic rings. The lowest BCUT2D eigenvalue weighted by Gasteiger charge is -2.12. The fourth-order valence-corrected chi connectivity index (χ4v) is 2.15. The van der Waals surface area contributed by atoms with Crippen molar-refractivity contribution in [3.8, 4) is 0 Å². The van der Waals surface area contributed by atoms with E-state index in [1.165, 1.54) is 0 Å². The van der Waals surface area contributed by atoms with Gasteiger partial charge in [0.1, 0.15) is 0 Å². The van der Waals surface area contributed by atoms with Gasteiger partial charge in [0.05, 0.1) is 5.69 Å². The van der Waals surface area contributed by atoms with E-state index in [0.29, 0.717) is 23.4 Å². The summed E-state index contributed by atoms with van der Waals surface area (Å²) in [5, 5.41) is 5.69. The molecule has 0 spiro atoms. The molecular weight excluding hydrogens is 342 g/mol. The summed E-state index contributed by atoms with van der Waals surface area (Å²) in [7, 11) is 1.54. The number of halogens is 1. The molecule has 0 aliphatic heterocycles. The number of nitrogens with zero attached hydrogens (tertiary/aromatic N) is 2. The summed E-state index contributed by atoms with van der Waals surface area (Å²) in [5.74, 6) is -0.820. The zero-order chi connectivity index (χ0) is 19.0. The first-order valence-corrected chi connectivity index (χ1v) is 8.08. The maximum absolute atomic E-state index is 11.7. The number of allylic oxidation sites excluding steroid dienone is 4. The number of amides is 2. The fraction of sp³-hybridized carbons (Fsp3) is 0.294. The number of nitrogens with one attached hydrogen (secondary N) is 2. The second-order valence-electron chi connectivity index (χ2n) is 5.06. The number of rotatable bonds is 7. The number of aromatic nitrogens is 2. The largest absolute Gasteiger partial charge is 0.364 e. The van der Waals surface area contributed by atoms with Gasteiger partial charge < -0.3 is 16.4 Å². The van der Waals surface area contributed by atoms with Crippen molar-refractivity contribution in [1.29, 1.82) is 0 Å². The van der Waals surface area contributed by atoms with Crippen LogP contribution in [0.2, 0.25) is 5.15 Å². The summed E-state index contributed by atoms with van der Waals surface area (Å²) in [5.41, 5.74) is 6.86. The summed E-state index contributed by atoms with van der Waals surface area (Å²) in [6.45, 7) is 5.36. The van der Waals surface area contributed by atoms with Crippen molar-refractivity contribution in [3.63, 3.8) is 0 Å². The van der Waals surface area contributed by atoms with Crippen LogP contribution in [0.15, 0.2) is 35.6 Å². The molecule has 0 fully saturated rings. The number of nitrogens with two attached hydrogens (primary N) is 1. The van der Waals surface area contributed by atoms with E-state index < -0.39 is 5.91 Å². The normalized spacial score (nSPS) is 12.4. The van der Waals surface area contributed by atoms with E-state index >= 15 is 0 Å². The zero-order valence-electron chi connectivity index (χ0n) is 14.7. The minimum atomic E-state index is -0.723. The van der Waals surface area contributed by atoms with E-state index in [2.05, 4.69) is 20.6 Å². The van der Waals surface area contributed by atoms with Crippen molar-refractivity contribution in [3.05, 3.63) is 52.1 Å². The predicted molar refractivity (Wildman–Crippen MR) is 99.3 cm³/mol. The van der Waals surface area contributed by atoms with Gasteiger partial charge >= 0.3 is 0 Å². The first kappa shape index (κ1) is 20.4. The molecule has 0 aromatic carbocycles. The number of carbonyl (C=O) groups excluding carboxylic acids is 2. The third-order valence-electron chi connectivity index (χ3n) is 3.18. The van der Waals surface area contributed by atoms with Crippen molar-refractivity contribution in [2.24, 2.45) is 5.73 Å². The maximum Gasteiger partial charge on any atom is 0.271 e. The lowest BCUT2D eigenvalue weighted by Crippen LogP contribution is -2.20. The van der Waals surface area contributed by atoms with Gasteiger partial charge in [-0.05, 0) is 32.4 Å². The molecule has 0 atom stereocenters. The third kappa shape index (κ3) is 5.72. The topological polar surface area (TPSA) is 110 Å². The quantitative estimate of drug-likeness (QED) is 0.508. The lowest BCUT2D eigenvalue weighted by molar-refractivity contribution is -0.117. The molecule has 2 amide bonds. The fourth-order valence-electron chi connectivity index (χ4n) is 1.89. The number of aryl methyl sites for hydroxylation is 1. The first-order valence-electron chi connectivity index (χ1n) is 7.70. The molecule has 1 heterocycles. The smallest absolute Gasteiger partial charge is 0.271 e. The SMILES string of the molecule is C/C=C/C=C(\C=C(/C)C(=O)NC)Nc1nc(Cl)c(CC)nc1C(N)=O. The zero-order valence-corrected chi connectivity index (χ0v) is 15.4. The van der Waals surface area contributed by atoms with Gasteiger partial charge in [0.25, 0.3) is 5.91 Å². The van der Waals surface area contributed by atoms with Gasteiger partial charge in [-0.3, -0.25) is 9.59 Å². The first-order chi connectivity index (χ1) is 11.8. The maximum atomic E-state index is 11.7. The van der Waals surface area contributed by atoms with Crippen LogP contribution in [0.4, 0.5) is 5.82 Å². The van der Waals surface area contributed by atoms with E-state index in [-0.39, 0.29) is 22.6 Å².